The summed E-state index contributed by atoms with van der Waals surface area (Å²) in [7, 11) is 0. The van der Waals surface area contributed by atoms with Crippen molar-refractivity contribution < 1.29 is 9.13 Å². The van der Waals surface area contributed by atoms with Gasteiger partial charge in [-0.15, -0.1) is 11.3 Å². The second-order valence-corrected chi connectivity index (χ2v) is 4.27. The van der Waals surface area contributed by atoms with E-state index in [9.17, 15) is 4.39 Å². The van der Waals surface area contributed by atoms with Gasteiger partial charge in [-0.3, -0.25) is 0 Å². The minimum absolute atomic E-state index is 0.0929. The fourth-order valence-electron chi connectivity index (χ4n) is 1.28. The molecule has 0 bridgehead atoms. The molecule has 0 aliphatic heterocycles. The molecule has 0 amide bonds. The van der Waals surface area contributed by atoms with E-state index in [1.807, 2.05) is 12.3 Å². The molecule has 0 fully saturated rings. The second-order valence-electron chi connectivity index (χ2n) is 3.33. The van der Waals surface area contributed by atoms with Crippen molar-refractivity contribution in [3.8, 4) is 5.75 Å². The molecule has 0 spiro atoms. The van der Waals surface area contributed by atoms with Crippen LogP contribution in [0.25, 0.3) is 0 Å². The van der Waals surface area contributed by atoms with Crippen molar-refractivity contribution in [1.29, 1.82) is 0 Å². The number of halogens is 1. The molecule has 5 heteroatoms. The third-order valence-electron chi connectivity index (χ3n) is 2.00. The van der Waals surface area contributed by atoms with Crippen LogP contribution in [0.5, 0.6) is 5.75 Å². The smallest absolute Gasteiger partial charge is 0.178 e. The minimum Gasteiger partial charge on any atom is -0.481 e. The van der Waals surface area contributed by atoms with E-state index in [1.54, 1.807) is 12.1 Å². The number of hydrogen-bond donors (Lipinski definition) is 1. The summed E-state index contributed by atoms with van der Waals surface area (Å²) in [6.07, 6.45) is 0. The molecule has 1 heterocycles. The van der Waals surface area contributed by atoms with Crippen molar-refractivity contribution in [3.63, 3.8) is 0 Å². The van der Waals surface area contributed by atoms with E-state index < -0.39 is 5.82 Å². The van der Waals surface area contributed by atoms with Crippen LogP contribution in [0.15, 0.2) is 23.6 Å². The van der Waals surface area contributed by atoms with Crippen molar-refractivity contribution in [1.82, 2.24) is 4.98 Å². The van der Waals surface area contributed by atoms with Crippen molar-refractivity contribution in [2.45, 2.75) is 13.5 Å². The van der Waals surface area contributed by atoms with Gasteiger partial charge in [0.25, 0.3) is 0 Å². The lowest BCUT2D eigenvalue weighted by molar-refractivity contribution is 0.291. The molecule has 16 heavy (non-hydrogen) atoms. The summed E-state index contributed by atoms with van der Waals surface area (Å²) in [6.45, 7) is 2.14. The van der Waals surface area contributed by atoms with Crippen molar-refractivity contribution in [2.24, 2.45) is 0 Å². The van der Waals surface area contributed by atoms with Crippen molar-refractivity contribution >= 4 is 17.0 Å². The Morgan fingerprint density at radius 3 is 2.94 bits per heavy atom. The van der Waals surface area contributed by atoms with Gasteiger partial charge in [0.1, 0.15) is 11.6 Å². The molecule has 1 aromatic carbocycles. The number of nitrogen functional groups attached to an aromatic ring is 1. The largest absolute Gasteiger partial charge is 0.481 e. The van der Waals surface area contributed by atoms with Crippen LogP contribution in [0.2, 0.25) is 0 Å². The maximum absolute atomic E-state index is 13.3. The first-order valence-electron chi connectivity index (χ1n) is 4.74. The Kier molecular flexibility index (Phi) is 3.05. The Morgan fingerprint density at radius 2 is 2.31 bits per heavy atom. The van der Waals surface area contributed by atoms with Crippen LogP contribution < -0.4 is 10.5 Å². The zero-order valence-corrected chi connectivity index (χ0v) is 9.55. The van der Waals surface area contributed by atoms with E-state index in [0.29, 0.717) is 5.69 Å². The van der Waals surface area contributed by atoms with Crippen LogP contribution in [0.1, 0.15) is 10.7 Å². The normalized spacial score (nSPS) is 10.4. The number of anilines is 1. The van der Waals surface area contributed by atoms with Gasteiger partial charge in [-0.1, -0.05) is 6.07 Å². The first-order chi connectivity index (χ1) is 7.66. The van der Waals surface area contributed by atoms with Gasteiger partial charge in [0.15, 0.2) is 11.6 Å². The van der Waals surface area contributed by atoms with Crippen LogP contribution in [0, 0.1) is 12.7 Å². The molecule has 0 saturated carbocycles. The highest BCUT2D eigenvalue weighted by Gasteiger charge is 2.08. The first-order valence-corrected chi connectivity index (χ1v) is 5.62. The van der Waals surface area contributed by atoms with Crippen molar-refractivity contribution in [3.05, 3.63) is 40.1 Å². The topological polar surface area (TPSA) is 48.1 Å². The summed E-state index contributed by atoms with van der Waals surface area (Å²) < 4.78 is 18.7. The number of thiazole rings is 1. The molecule has 0 aliphatic carbocycles. The predicted octanol–water partition coefficient (Wildman–Crippen LogP) is 2.75. The molecule has 0 aliphatic rings. The molecular formula is C11H11FN2OS. The zero-order chi connectivity index (χ0) is 11.5. The summed E-state index contributed by atoms with van der Waals surface area (Å²) in [5, 5.41) is 2.73. The number of benzene rings is 1. The van der Waals surface area contributed by atoms with Gasteiger partial charge in [-0.2, -0.15) is 0 Å². The van der Waals surface area contributed by atoms with Crippen LogP contribution >= 0.6 is 11.3 Å². The average molecular weight is 238 g/mol. The highest BCUT2D eigenvalue weighted by Crippen LogP contribution is 2.25. The standard InChI is InChI=1S/C11H11FN2OS/c1-7-6-16-10(14-7)5-15-11-8(12)3-2-4-9(11)13/h2-4,6H,5,13H2,1H3. The number of nitrogens with two attached hydrogens (primary N) is 1. The molecule has 84 valence electrons. The van der Waals surface area contributed by atoms with Crippen molar-refractivity contribution in [2.75, 3.05) is 5.73 Å². The Labute approximate surface area is 96.7 Å². The highest BCUT2D eigenvalue weighted by atomic mass is 32.1. The zero-order valence-electron chi connectivity index (χ0n) is 8.74. The maximum Gasteiger partial charge on any atom is 0.178 e. The number of aryl methyl sites for hydroxylation is 1. The lowest BCUT2D eigenvalue weighted by Crippen LogP contribution is -2.00. The van der Waals surface area contributed by atoms with E-state index in [-0.39, 0.29) is 12.4 Å². The fraction of sp³-hybridized carbons (Fsp3) is 0.182. The maximum atomic E-state index is 13.3. The molecule has 1 aromatic heterocycles. The number of nitrogens with zero attached hydrogens (tertiary/aromatic N) is 1. The highest BCUT2D eigenvalue weighted by molar-refractivity contribution is 7.09. The molecule has 0 radical (unpaired) electrons. The predicted molar refractivity (Wildman–Crippen MR) is 62.0 cm³/mol. The Bertz CT molecular complexity index is 478. The molecule has 0 unspecified atom stereocenters. The second kappa shape index (κ2) is 4.49. The van der Waals surface area contributed by atoms with Gasteiger partial charge in [0.2, 0.25) is 0 Å². The third kappa shape index (κ3) is 2.30. The quantitative estimate of drug-likeness (QED) is 0.836. The molecular weight excluding hydrogens is 227 g/mol. The Balaban J connectivity index is 2.10. The summed E-state index contributed by atoms with van der Waals surface area (Å²) in [6, 6.07) is 4.47. The van der Waals surface area contributed by atoms with Gasteiger partial charge >= 0.3 is 0 Å². The number of para-hydroxylation sites is 1. The van der Waals surface area contributed by atoms with E-state index >= 15 is 0 Å². The van der Waals surface area contributed by atoms with E-state index in [0.717, 1.165) is 10.7 Å². The molecule has 3 nitrogen and oxygen atoms in total. The Hall–Kier alpha value is -1.62. The fourth-order valence-corrected chi connectivity index (χ4v) is 1.96. The van der Waals surface area contributed by atoms with E-state index in [2.05, 4.69) is 4.98 Å². The SMILES string of the molecule is Cc1csc(COc2c(N)cccc2F)n1. The first kappa shape index (κ1) is 10.9. The van der Waals surface area contributed by atoms with Crippen LogP contribution in [0.3, 0.4) is 0 Å². The molecule has 2 rings (SSSR count). The van der Waals surface area contributed by atoms with Crippen LogP contribution in [0.4, 0.5) is 10.1 Å². The minimum atomic E-state index is -0.451. The molecule has 2 aromatic rings. The molecule has 0 saturated heterocycles. The lowest BCUT2D eigenvalue weighted by atomic mass is 10.3. The van der Waals surface area contributed by atoms with Gasteiger partial charge in [0, 0.05) is 11.1 Å². The average Bonchev–Trinajstić information content (AvgIpc) is 2.63. The number of ether oxygens (including phenoxy) is 1. The monoisotopic (exact) mass is 238 g/mol. The Morgan fingerprint density at radius 1 is 1.50 bits per heavy atom. The van der Waals surface area contributed by atoms with Gasteiger partial charge < -0.3 is 10.5 Å². The molecule has 2 N–H and O–H groups in total. The van der Waals surface area contributed by atoms with E-state index in [1.165, 1.54) is 17.4 Å². The van der Waals surface area contributed by atoms with Gasteiger partial charge in [0.05, 0.1) is 5.69 Å². The summed E-state index contributed by atoms with van der Waals surface area (Å²) in [4.78, 5) is 4.22. The van der Waals surface area contributed by atoms with Crippen LogP contribution in [-0.2, 0) is 6.61 Å². The third-order valence-corrected chi connectivity index (χ3v) is 2.94. The summed E-state index contributed by atoms with van der Waals surface area (Å²) in [5.41, 5.74) is 6.84. The lowest BCUT2D eigenvalue weighted by Gasteiger charge is -2.07. The molecule has 0 atom stereocenters. The van der Waals surface area contributed by atoms with Gasteiger partial charge in [-0.25, -0.2) is 9.37 Å². The summed E-state index contributed by atoms with van der Waals surface area (Å²) >= 11 is 1.48. The number of aromatic nitrogens is 1. The van der Waals surface area contributed by atoms with Gasteiger partial charge in [-0.05, 0) is 19.1 Å². The van der Waals surface area contributed by atoms with Crippen LogP contribution in [-0.4, -0.2) is 4.98 Å². The van der Waals surface area contributed by atoms with E-state index in [4.69, 9.17) is 10.5 Å². The number of rotatable bonds is 3. The summed E-state index contributed by atoms with van der Waals surface area (Å²) in [5.74, 6) is -0.358. The number of hydrogen-bond acceptors (Lipinski definition) is 4.